The van der Waals surface area contributed by atoms with Gasteiger partial charge in [0.15, 0.2) is 6.61 Å². The average Bonchev–Trinajstić information content (AvgIpc) is 2.91. The fourth-order valence-electron chi connectivity index (χ4n) is 3.13. The molecule has 6 amide bonds. The van der Waals surface area contributed by atoms with Gasteiger partial charge >= 0.3 is 18.0 Å². The molecule has 10 heteroatoms. The van der Waals surface area contributed by atoms with Gasteiger partial charge < -0.3 is 15.4 Å². The number of allylic oxidation sites excluding steroid dienone is 1. The van der Waals surface area contributed by atoms with Crippen molar-refractivity contribution in [2.45, 2.75) is 57.9 Å². The first-order chi connectivity index (χ1) is 13.7. The summed E-state index contributed by atoms with van der Waals surface area (Å²) in [5, 5.41) is 7.15. The molecule has 1 saturated heterocycles. The average molecular weight is 408 g/mol. The summed E-state index contributed by atoms with van der Waals surface area (Å²) in [5.41, 5.74) is 0.247. The minimum atomic E-state index is -1.06. The molecule has 0 aromatic carbocycles. The first-order valence-electron chi connectivity index (χ1n) is 9.80. The Morgan fingerprint density at radius 3 is 2.66 bits per heavy atom. The Balaban J connectivity index is 1.66. The molecule has 2 rings (SSSR count). The van der Waals surface area contributed by atoms with E-state index in [-0.39, 0.29) is 0 Å². The number of nitrogens with one attached hydrogen (secondary N) is 3. The van der Waals surface area contributed by atoms with Gasteiger partial charge in [0.25, 0.3) is 11.8 Å². The summed E-state index contributed by atoms with van der Waals surface area (Å²) in [6, 6.07) is -1.36. The Labute approximate surface area is 169 Å². The molecule has 1 fully saturated rings. The minimum absolute atomic E-state index is 0.373. The number of carbonyl (C=O) groups excluding carboxylic acids is 5. The van der Waals surface area contributed by atoms with Gasteiger partial charge in [-0.15, -0.1) is 0 Å². The van der Waals surface area contributed by atoms with Crippen LogP contribution in [0.1, 0.15) is 52.4 Å². The van der Waals surface area contributed by atoms with Crippen LogP contribution in [0, 0.1) is 0 Å². The van der Waals surface area contributed by atoms with E-state index in [0.717, 1.165) is 30.6 Å². The summed E-state index contributed by atoms with van der Waals surface area (Å²) < 4.78 is 4.75. The van der Waals surface area contributed by atoms with E-state index in [1.54, 1.807) is 13.8 Å². The number of carbonyl (C=O) groups is 5. The molecule has 1 aliphatic heterocycles. The molecular weight excluding hydrogens is 380 g/mol. The van der Waals surface area contributed by atoms with E-state index < -0.39 is 48.5 Å². The van der Waals surface area contributed by atoms with Crippen LogP contribution in [0.15, 0.2) is 11.6 Å². The quantitative estimate of drug-likeness (QED) is 0.311. The highest BCUT2D eigenvalue weighted by Gasteiger charge is 2.47. The first kappa shape index (κ1) is 22.4. The third kappa shape index (κ3) is 6.30. The van der Waals surface area contributed by atoms with Gasteiger partial charge in [-0.2, -0.15) is 0 Å². The molecule has 0 unspecified atom stereocenters. The van der Waals surface area contributed by atoms with Crippen LogP contribution in [0.25, 0.3) is 0 Å². The van der Waals surface area contributed by atoms with Crippen LogP contribution in [0.2, 0.25) is 0 Å². The summed E-state index contributed by atoms with van der Waals surface area (Å²) in [5.74, 6) is -2.25. The molecule has 10 nitrogen and oxygen atoms in total. The van der Waals surface area contributed by atoms with E-state index in [0.29, 0.717) is 13.0 Å². The third-order valence-corrected chi connectivity index (χ3v) is 5.07. The van der Waals surface area contributed by atoms with Crippen molar-refractivity contribution in [2.75, 3.05) is 19.7 Å². The van der Waals surface area contributed by atoms with Gasteiger partial charge in [0.2, 0.25) is 0 Å². The Hall–Kier alpha value is -2.91. The number of hydrogen-bond acceptors (Lipinski definition) is 6. The Morgan fingerprint density at radius 2 is 2.03 bits per heavy atom. The second-order valence-electron chi connectivity index (χ2n) is 7.33. The highest BCUT2D eigenvalue weighted by Crippen LogP contribution is 2.20. The molecule has 0 radical (unpaired) electrons. The molecular formula is C19H28N4O6. The van der Waals surface area contributed by atoms with Crippen molar-refractivity contribution in [1.29, 1.82) is 0 Å². The zero-order valence-corrected chi connectivity index (χ0v) is 16.8. The van der Waals surface area contributed by atoms with E-state index in [4.69, 9.17) is 4.74 Å². The van der Waals surface area contributed by atoms with Gasteiger partial charge in [-0.25, -0.2) is 9.59 Å². The lowest BCUT2D eigenvalue weighted by Crippen LogP contribution is -2.44. The zero-order chi connectivity index (χ0) is 21.4. The monoisotopic (exact) mass is 408 g/mol. The van der Waals surface area contributed by atoms with Crippen molar-refractivity contribution in [3.63, 3.8) is 0 Å². The van der Waals surface area contributed by atoms with Crippen molar-refractivity contribution in [2.24, 2.45) is 0 Å². The number of imide groups is 2. The van der Waals surface area contributed by atoms with Gasteiger partial charge in [0.1, 0.15) is 12.1 Å². The van der Waals surface area contributed by atoms with Gasteiger partial charge in [-0.05, 0) is 45.4 Å². The molecule has 1 aliphatic carbocycles. The summed E-state index contributed by atoms with van der Waals surface area (Å²) >= 11 is 0. The SMILES string of the molecule is CC[C@]1(C)NC(=O)N(CC(=O)OCC(=O)NC(=O)NCCC2=CCCCC2)C1=O. The van der Waals surface area contributed by atoms with E-state index in [1.807, 2.05) is 0 Å². The van der Waals surface area contributed by atoms with Crippen LogP contribution in [0.4, 0.5) is 9.59 Å². The number of nitrogens with zero attached hydrogens (tertiary/aromatic N) is 1. The van der Waals surface area contributed by atoms with Gasteiger partial charge in [0, 0.05) is 6.54 Å². The lowest BCUT2D eigenvalue weighted by Gasteiger charge is -2.18. The van der Waals surface area contributed by atoms with Crippen LogP contribution in [-0.2, 0) is 19.1 Å². The second-order valence-corrected chi connectivity index (χ2v) is 7.33. The van der Waals surface area contributed by atoms with Crippen molar-refractivity contribution in [3.05, 3.63) is 11.6 Å². The van der Waals surface area contributed by atoms with Gasteiger partial charge in [-0.3, -0.25) is 24.6 Å². The fraction of sp³-hybridized carbons (Fsp3) is 0.632. The largest absolute Gasteiger partial charge is 0.454 e. The van der Waals surface area contributed by atoms with Gasteiger partial charge in [-0.1, -0.05) is 18.6 Å². The van der Waals surface area contributed by atoms with Crippen LogP contribution in [-0.4, -0.2) is 60.0 Å². The molecule has 0 aromatic heterocycles. The second kappa shape index (κ2) is 10.0. The molecule has 0 bridgehead atoms. The molecule has 1 atom stereocenters. The highest BCUT2D eigenvalue weighted by atomic mass is 16.5. The Bertz CT molecular complexity index is 719. The maximum atomic E-state index is 12.2. The topological polar surface area (TPSA) is 134 Å². The highest BCUT2D eigenvalue weighted by molar-refractivity contribution is 6.08. The predicted octanol–water partition coefficient (Wildman–Crippen LogP) is 0.966. The van der Waals surface area contributed by atoms with Crippen LogP contribution in [0.3, 0.4) is 0 Å². The van der Waals surface area contributed by atoms with E-state index in [9.17, 15) is 24.0 Å². The van der Waals surface area contributed by atoms with Crippen molar-refractivity contribution in [3.8, 4) is 0 Å². The number of rotatable bonds is 8. The maximum absolute atomic E-state index is 12.2. The Morgan fingerprint density at radius 1 is 1.28 bits per heavy atom. The lowest BCUT2D eigenvalue weighted by molar-refractivity contribution is -0.150. The first-order valence-corrected chi connectivity index (χ1v) is 9.80. The minimum Gasteiger partial charge on any atom is -0.454 e. The summed E-state index contributed by atoms with van der Waals surface area (Å²) in [4.78, 5) is 60.1. The third-order valence-electron chi connectivity index (χ3n) is 5.07. The maximum Gasteiger partial charge on any atom is 0.326 e. The van der Waals surface area contributed by atoms with Crippen molar-refractivity contribution < 1.29 is 28.7 Å². The van der Waals surface area contributed by atoms with Crippen LogP contribution < -0.4 is 16.0 Å². The summed E-state index contributed by atoms with van der Waals surface area (Å²) in [7, 11) is 0. The normalized spacial score (nSPS) is 21.3. The standard InChI is InChI=1S/C19H28N4O6/c1-3-19(2)16(26)23(18(28)22-19)11-15(25)29-12-14(24)21-17(27)20-10-9-13-7-5-4-6-8-13/h7H,3-6,8-12H2,1-2H3,(H,22,28)(H2,20,21,24,27)/t19-/m0/s1. The molecule has 0 spiro atoms. The molecule has 3 N–H and O–H groups in total. The summed E-state index contributed by atoms with van der Waals surface area (Å²) in [6.07, 6.45) is 7.74. The molecule has 0 saturated carbocycles. The van der Waals surface area contributed by atoms with E-state index in [1.165, 1.54) is 12.0 Å². The Kier molecular flexibility index (Phi) is 7.74. The number of hydrogen-bond donors (Lipinski definition) is 3. The van der Waals surface area contributed by atoms with Crippen molar-refractivity contribution in [1.82, 2.24) is 20.9 Å². The number of esters is 1. The number of ether oxygens (including phenoxy) is 1. The molecule has 2 aliphatic rings. The molecule has 1 heterocycles. The number of amides is 6. The lowest BCUT2D eigenvalue weighted by atomic mass is 9.97. The van der Waals surface area contributed by atoms with Crippen LogP contribution >= 0.6 is 0 Å². The van der Waals surface area contributed by atoms with Crippen LogP contribution in [0.5, 0.6) is 0 Å². The predicted molar refractivity (Wildman–Crippen MR) is 103 cm³/mol. The smallest absolute Gasteiger partial charge is 0.326 e. The van der Waals surface area contributed by atoms with Crippen molar-refractivity contribution >= 4 is 29.8 Å². The van der Waals surface area contributed by atoms with E-state index in [2.05, 4.69) is 22.0 Å². The number of urea groups is 2. The molecule has 0 aromatic rings. The molecule has 160 valence electrons. The van der Waals surface area contributed by atoms with Gasteiger partial charge in [0.05, 0.1) is 0 Å². The molecule has 29 heavy (non-hydrogen) atoms. The van der Waals surface area contributed by atoms with E-state index >= 15 is 0 Å². The summed E-state index contributed by atoms with van der Waals surface area (Å²) in [6.45, 7) is 2.42. The fourth-order valence-corrected chi connectivity index (χ4v) is 3.13. The zero-order valence-electron chi connectivity index (χ0n) is 16.8.